The Hall–Kier alpha value is -1.35. The molecule has 1 aromatic carbocycles. The molecule has 0 aromatic heterocycles. The Morgan fingerprint density at radius 1 is 1.25 bits per heavy atom. The predicted octanol–water partition coefficient (Wildman–Crippen LogP) is 2.40. The summed E-state index contributed by atoms with van der Waals surface area (Å²) in [6.07, 6.45) is 1.27. The highest BCUT2D eigenvalue weighted by Crippen LogP contribution is 2.34. The first-order valence-corrected chi connectivity index (χ1v) is 5.58. The second kappa shape index (κ2) is 5.12. The van der Waals surface area contributed by atoms with Crippen molar-refractivity contribution in [3.63, 3.8) is 0 Å². The highest BCUT2D eigenvalue weighted by Gasteiger charge is 2.43. The van der Waals surface area contributed by atoms with E-state index in [1.165, 1.54) is 0 Å². The van der Waals surface area contributed by atoms with Crippen molar-refractivity contribution >= 4 is 5.97 Å². The zero-order valence-corrected chi connectivity index (χ0v) is 9.68. The van der Waals surface area contributed by atoms with Crippen LogP contribution in [0, 0.1) is 5.92 Å². The highest BCUT2D eigenvalue weighted by atomic mass is 16.4. The summed E-state index contributed by atoms with van der Waals surface area (Å²) in [4.78, 5) is 11.3. The first-order valence-electron chi connectivity index (χ1n) is 5.58. The van der Waals surface area contributed by atoms with Crippen LogP contribution in [0.25, 0.3) is 0 Å². The number of aliphatic hydroxyl groups is 1. The molecule has 0 heterocycles. The molecule has 1 aromatic rings. The molecule has 0 saturated carbocycles. The molecule has 0 aliphatic carbocycles. The molecular weight excluding hydrogens is 204 g/mol. The van der Waals surface area contributed by atoms with Gasteiger partial charge in [0.2, 0.25) is 0 Å². The smallest absolute Gasteiger partial charge is 0.340 e. The van der Waals surface area contributed by atoms with Gasteiger partial charge in [-0.2, -0.15) is 0 Å². The molecule has 1 unspecified atom stereocenters. The second-order valence-corrected chi connectivity index (χ2v) is 3.95. The Bertz CT molecular complexity index is 343. The minimum absolute atomic E-state index is 0.271. The number of carbonyl (C=O) groups is 1. The molecule has 0 saturated heterocycles. The fourth-order valence-electron chi connectivity index (χ4n) is 2.11. The zero-order valence-electron chi connectivity index (χ0n) is 9.68. The number of carboxylic acids is 1. The molecule has 0 aliphatic rings. The third kappa shape index (κ3) is 2.09. The zero-order chi connectivity index (χ0) is 12.2. The molecule has 0 fully saturated rings. The van der Waals surface area contributed by atoms with Crippen LogP contribution in [0.4, 0.5) is 0 Å². The van der Waals surface area contributed by atoms with Gasteiger partial charge in [0.05, 0.1) is 0 Å². The Labute approximate surface area is 95.7 Å². The van der Waals surface area contributed by atoms with E-state index in [0.29, 0.717) is 18.4 Å². The van der Waals surface area contributed by atoms with Crippen LogP contribution in [-0.4, -0.2) is 16.2 Å². The second-order valence-electron chi connectivity index (χ2n) is 3.95. The number of carboxylic acid groups (broad SMARTS) is 1. The van der Waals surface area contributed by atoms with E-state index in [0.717, 1.165) is 0 Å². The summed E-state index contributed by atoms with van der Waals surface area (Å²) in [7, 11) is 0. The van der Waals surface area contributed by atoms with Crippen LogP contribution in [0.1, 0.15) is 32.3 Å². The maximum atomic E-state index is 11.3. The van der Waals surface area contributed by atoms with Crippen molar-refractivity contribution in [3.05, 3.63) is 35.9 Å². The first kappa shape index (κ1) is 12.7. The molecule has 0 bridgehead atoms. The monoisotopic (exact) mass is 222 g/mol. The van der Waals surface area contributed by atoms with Crippen LogP contribution in [0.3, 0.4) is 0 Å². The molecule has 0 amide bonds. The van der Waals surface area contributed by atoms with Crippen molar-refractivity contribution in [1.29, 1.82) is 0 Å². The van der Waals surface area contributed by atoms with Crippen LogP contribution in [0.2, 0.25) is 0 Å². The first-order chi connectivity index (χ1) is 7.57. The largest absolute Gasteiger partial charge is 0.479 e. The summed E-state index contributed by atoms with van der Waals surface area (Å²) in [5.74, 6) is -1.44. The summed E-state index contributed by atoms with van der Waals surface area (Å²) in [5.41, 5.74) is -1.32. The summed E-state index contributed by atoms with van der Waals surface area (Å²) < 4.78 is 0. The van der Waals surface area contributed by atoms with Crippen LogP contribution < -0.4 is 0 Å². The van der Waals surface area contributed by atoms with Gasteiger partial charge in [-0.15, -0.1) is 0 Å². The van der Waals surface area contributed by atoms with Gasteiger partial charge in [-0.25, -0.2) is 4.79 Å². The van der Waals surface area contributed by atoms with Crippen molar-refractivity contribution in [2.45, 2.75) is 32.3 Å². The van der Waals surface area contributed by atoms with Crippen molar-refractivity contribution in [3.8, 4) is 0 Å². The van der Waals surface area contributed by atoms with Gasteiger partial charge in [-0.1, -0.05) is 44.2 Å². The maximum absolute atomic E-state index is 11.3. The van der Waals surface area contributed by atoms with E-state index in [2.05, 4.69) is 0 Å². The van der Waals surface area contributed by atoms with E-state index in [1.54, 1.807) is 30.3 Å². The highest BCUT2D eigenvalue weighted by molar-refractivity contribution is 5.79. The quantitative estimate of drug-likeness (QED) is 0.804. The Morgan fingerprint density at radius 3 is 2.12 bits per heavy atom. The topological polar surface area (TPSA) is 57.5 Å². The molecule has 88 valence electrons. The Kier molecular flexibility index (Phi) is 4.07. The molecule has 1 rings (SSSR count). The lowest BCUT2D eigenvalue weighted by atomic mass is 9.78. The number of benzene rings is 1. The van der Waals surface area contributed by atoms with E-state index in [1.807, 2.05) is 13.8 Å². The number of aliphatic carboxylic acids is 1. The van der Waals surface area contributed by atoms with Gasteiger partial charge in [-0.05, 0) is 18.4 Å². The predicted molar refractivity (Wildman–Crippen MR) is 62.0 cm³/mol. The lowest BCUT2D eigenvalue weighted by Crippen LogP contribution is -2.42. The van der Waals surface area contributed by atoms with Crippen LogP contribution >= 0.6 is 0 Å². The molecular formula is C13H18O3. The van der Waals surface area contributed by atoms with E-state index >= 15 is 0 Å². The lowest BCUT2D eigenvalue weighted by molar-refractivity contribution is -0.167. The molecule has 0 aliphatic heterocycles. The summed E-state index contributed by atoms with van der Waals surface area (Å²) >= 11 is 0. The molecule has 0 spiro atoms. The Balaban J connectivity index is 3.21. The maximum Gasteiger partial charge on any atom is 0.340 e. The van der Waals surface area contributed by atoms with E-state index < -0.39 is 11.6 Å². The van der Waals surface area contributed by atoms with E-state index in [-0.39, 0.29) is 5.92 Å². The van der Waals surface area contributed by atoms with Gasteiger partial charge in [0.15, 0.2) is 5.60 Å². The van der Waals surface area contributed by atoms with Crippen LogP contribution in [0.5, 0.6) is 0 Å². The van der Waals surface area contributed by atoms with Crippen molar-refractivity contribution in [2.75, 3.05) is 0 Å². The number of hydrogen-bond acceptors (Lipinski definition) is 2. The summed E-state index contributed by atoms with van der Waals surface area (Å²) in [6, 6.07) is 8.61. The van der Waals surface area contributed by atoms with Gasteiger partial charge in [0.1, 0.15) is 0 Å². The van der Waals surface area contributed by atoms with Crippen molar-refractivity contribution < 1.29 is 15.0 Å². The third-order valence-electron chi connectivity index (χ3n) is 3.12. The minimum atomic E-state index is -1.77. The molecule has 2 N–H and O–H groups in total. The average Bonchev–Trinajstić information content (AvgIpc) is 2.31. The standard InChI is InChI=1S/C13H18O3/c1-3-10(4-2)13(16,12(14)15)11-8-6-5-7-9-11/h5-10,16H,3-4H2,1-2H3,(H,14,15). The Morgan fingerprint density at radius 2 is 1.75 bits per heavy atom. The average molecular weight is 222 g/mol. The molecule has 3 nitrogen and oxygen atoms in total. The van der Waals surface area contributed by atoms with Crippen molar-refractivity contribution in [1.82, 2.24) is 0 Å². The van der Waals surface area contributed by atoms with E-state index in [9.17, 15) is 15.0 Å². The number of hydrogen-bond donors (Lipinski definition) is 2. The van der Waals surface area contributed by atoms with Crippen LogP contribution in [-0.2, 0) is 10.4 Å². The van der Waals surface area contributed by atoms with Gasteiger partial charge in [0.25, 0.3) is 0 Å². The fourth-order valence-corrected chi connectivity index (χ4v) is 2.11. The lowest BCUT2D eigenvalue weighted by Gasteiger charge is -2.31. The molecule has 3 heteroatoms. The van der Waals surface area contributed by atoms with Gasteiger partial charge in [-0.3, -0.25) is 0 Å². The molecule has 0 radical (unpaired) electrons. The van der Waals surface area contributed by atoms with Crippen molar-refractivity contribution in [2.24, 2.45) is 5.92 Å². The molecule has 16 heavy (non-hydrogen) atoms. The molecule has 1 atom stereocenters. The number of rotatable bonds is 5. The van der Waals surface area contributed by atoms with Crippen LogP contribution in [0.15, 0.2) is 30.3 Å². The summed E-state index contributed by atoms with van der Waals surface area (Å²) in [6.45, 7) is 3.79. The normalized spacial score (nSPS) is 14.8. The van der Waals surface area contributed by atoms with Gasteiger partial charge >= 0.3 is 5.97 Å². The van der Waals surface area contributed by atoms with Gasteiger partial charge < -0.3 is 10.2 Å². The SMILES string of the molecule is CCC(CC)C(O)(C(=O)O)c1ccccc1. The summed E-state index contributed by atoms with van der Waals surface area (Å²) in [5, 5.41) is 19.7. The van der Waals surface area contributed by atoms with E-state index in [4.69, 9.17) is 0 Å². The third-order valence-corrected chi connectivity index (χ3v) is 3.12. The van der Waals surface area contributed by atoms with Gasteiger partial charge in [0, 0.05) is 5.92 Å². The minimum Gasteiger partial charge on any atom is -0.479 e. The fraction of sp³-hybridized carbons (Fsp3) is 0.462.